The van der Waals surface area contributed by atoms with Crippen LogP contribution in [0.2, 0.25) is 0 Å². The maximum Gasteiger partial charge on any atom is 0.153 e. The molecule has 1 rings (SSSR count). The predicted octanol–water partition coefficient (Wildman–Crippen LogP) is 1.96. The lowest BCUT2D eigenvalue weighted by Gasteiger charge is -1.83. The molecule has 1 aromatic heterocycles. The summed E-state index contributed by atoms with van der Waals surface area (Å²) in [5.74, 6) is 1.59. The lowest BCUT2D eigenvalue weighted by Crippen LogP contribution is -1.74. The highest BCUT2D eigenvalue weighted by atomic mass is 16.3. The molecule has 1 aromatic rings. The van der Waals surface area contributed by atoms with Gasteiger partial charge in [-0.1, -0.05) is 6.92 Å². The number of aryl methyl sites for hydroxylation is 2. The van der Waals surface area contributed by atoms with E-state index in [1.54, 1.807) is 13.0 Å². The van der Waals surface area contributed by atoms with Crippen LogP contribution < -0.4 is 0 Å². The van der Waals surface area contributed by atoms with Crippen LogP contribution in [0.1, 0.15) is 28.8 Å². The zero-order valence-electron chi connectivity index (χ0n) is 6.18. The van der Waals surface area contributed by atoms with E-state index in [1.165, 1.54) is 0 Å². The average Bonchev–Trinajstić information content (AvgIpc) is 2.30. The van der Waals surface area contributed by atoms with Crippen molar-refractivity contribution in [1.29, 1.82) is 0 Å². The maximum atomic E-state index is 10.3. The molecule has 0 atom stereocenters. The van der Waals surface area contributed by atoms with Gasteiger partial charge in [-0.15, -0.1) is 0 Å². The van der Waals surface area contributed by atoms with Gasteiger partial charge in [0.15, 0.2) is 6.29 Å². The topological polar surface area (TPSA) is 30.2 Å². The number of carbonyl (C=O) groups is 1. The minimum Gasteiger partial charge on any atom is -0.466 e. The maximum absolute atomic E-state index is 10.3. The normalized spacial score (nSPS) is 9.80. The molecular formula is C8H10O2. The Morgan fingerprint density at radius 3 is 2.70 bits per heavy atom. The Morgan fingerprint density at radius 2 is 2.40 bits per heavy atom. The monoisotopic (exact) mass is 138 g/mol. The third-order valence-corrected chi connectivity index (χ3v) is 1.48. The highest BCUT2D eigenvalue weighted by Gasteiger charge is 2.02. The van der Waals surface area contributed by atoms with Crippen LogP contribution >= 0.6 is 0 Å². The van der Waals surface area contributed by atoms with Crippen LogP contribution in [0.15, 0.2) is 10.5 Å². The van der Waals surface area contributed by atoms with Gasteiger partial charge in [-0.2, -0.15) is 0 Å². The molecule has 10 heavy (non-hydrogen) atoms. The molecule has 0 aliphatic heterocycles. The van der Waals surface area contributed by atoms with Crippen LogP contribution in [-0.4, -0.2) is 6.29 Å². The molecule has 2 heteroatoms. The molecule has 0 bridgehead atoms. The summed E-state index contributed by atoms with van der Waals surface area (Å²) in [4.78, 5) is 10.3. The summed E-state index contributed by atoms with van der Waals surface area (Å²) in [7, 11) is 0. The van der Waals surface area contributed by atoms with Gasteiger partial charge in [-0.25, -0.2) is 0 Å². The number of hydrogen-bond acceptors (Lipinski definition) is 2. The number of furan rings is 1. The molecule has 0 fully saturated rings. The van der Waals surface area contributed by atoms with Crippen molar-refractivity contribution in [2.24, 2.45) is 0 Å². The summed E-state index contributed by atoms with van der Waals surface area (Å²) in [6.45, 7) is 3.79. The van der Waals surface area contributed by atoms with Crippen molar-refractivity contribution in [3.63, 3.8) is 0 Å². The highest BCUT2D eigenvalue weighted by Crippen LogP contribution is 2.12. The van der Waals surface area contributed by atoms with Gasteiger partial charge in [-0.3, -0.25) is 4.79 Å². The molecule has 1 heterocycles. The predicted molar refractivity (Wildman–Crippen MR) is 38.2 cm³/mol. The van der Waals surface area contributed by atoms with Gasteiger partial charge in [-0.05, 0) is 13.0 Å². The first kappa shape index (κ1) is 7.06. The molecule has 0 aliphatic carbocycles. The van der Waals surface area contributed by atoms with E-state index < -0.39 is 0 Å². The molecule has 0 amide bonds. The van der Waals surface area contributed by atoms with E-state index in [1.807, 2.05) is 6.92 Å². The average molecular weight is 138 g/mol. The molecule has 0 N–H and O–H groups in total. The van der Waals surface area contributed by atoms with E-state index in [9.17, 15) is 4.79 Å². The van der Waals surface area contributed by atoms with E-state index in [-0.39, 0.29) is 0 Å². The Hall–Kier alpha value is -1.05. The van der Waals surface area contributed by atoms with Crippen molar-refractivity contribution in [2.75, 3.05) is 0 Å². The Bertz CT molecular complexity index is 235. The van der Waals surface area contributed by atoms with Crippen LogP contribution in [0.5, 0.6) is 0 Å². The number of rotatable bonds is 2. The first-order chi connectivity index (χ1) is 4.77. The fraction of sp³-hybridized carbons (Fsp3) is 0.375. The summed E-state index contributed by atoms with van der Waals surface area (Å²) in [5, 5.41) is 0. The standard InChI is InChI=1S/C8H10O2/c1-3-8-4-7(5-9)6(2)10-8/h4-5H,3H2,1-2H3. The van der Waals surface area contributed by atoms with E-state index >= 15 is 0 Å². The quantitative estimate of drug-likeness (QED) is 0.585. The number of carbonyl (C=O) groups excluding carboxylic acids is 1. The molecule has 0 radical (unpaired) electrons. The highest BCUT2D eigenvalue weighted by molar-refractivity contribution is 5.76. The van der Waals surface area contributed by atoms with Crippen LogP contribution in [0.3, 0.4) is 0 Å². The van der Waals surface area contributed by atoms with Crippen molar-refractivity contribution >= 4 is 6.29 Å². The molecule has 0 aromatic carbocycles. The van der Waals surface area contributed by atoms with Gasteiger partial charge < -0.3 is 4.42 Å². The second-order valence-electron chi connectivity index (χ2n) is 2.20. The Morgan fingerprint density at radius 1 is 1.70 bits per heavy atom. The fourth-order valence-electron chi connectivity index (χ4n) is 0.851. The Balaban J connectivity index is 3.03. The largest absolute Gasteiger partial charge is 0.466 e. The SMILES string of the molecule is CCc1cc(C=O)c(C)o1. The molecule has 0 spiro atoms. The lowest BCUT2D eigenvalue weighted by molar-refractivity contribution is 0.112. The van der Waals surface area contributed by atoms with Gasteiger partial charge in [0.1, 0.15) is 11.5 Å². The summed E-state index contributed by atoms with van der Waals surface area (Å²) in [6.07, 6.45) is 1.66. The fourth-order valence-corrected chi connectivity index (χ4v) is 0.851. The molecule has 2 nitrogen and oxygen atoms in total. The van der Waals surface area contributed by atoms with E-state index in [4.69, 9.17) is 4.42 Å². The van der Waals surface area contributed by atoms with Crippen molar-refractivity contribution < 1.29 is 9.21 Å². The van der Waals surface area contributed by atoms with Gasteiger partial charge in [0, 0.05) is 6.42 Å². The van der Waals surface area contributed by atoms with Crippen LogP contribution in [0.25, 0.3) is 0 Å². The summed E-state index contributed by atoms with van der Waals surface area (Å²) < 4.78 is 5.22. The first-order valence-corrected chi connectivity index (χ1v) is 3.32. The van der Waals surface area contributed by atoms with Crippen molar-refractivity contribution in [3.05, 3.63) is 23.2 Å². The summed E-state index contributed by atoms with van der Waals surface area (Å²) in [6, 6.07) is 1.78. The van der Waals surface area contributed by atoms with Crippen LogP contribution in [-0.2, 0) is 6.42 Å². The third-order valence-electron chi connectivity index (χ3n) is 1.48. The number of aldehydes is 1. The van der Waals surface area contributed by atoms with Gasteiger partial charge in [0.2, 0.25) is 0 Å². The van der Waals surface area contributed by atoms with Crippen LogP contribution in [0.4, 0.5) is 0 Å². The zero-order valence-corrected chi connectivity index (χ0v) is 6.18. The van der Waals surface area contributed by atoms with Gasteiger partial charge in [0.05, 0.1) is 5.56 Å². The summed E-state index contributed by atoms with van der Waals surface area (Å²) in [5.41, 5.74) is 0.664. The van der Waals surface area contributed by atoms with Gasteiger partial charge in [0.25, 0.3) is 0 Å². The van der Waals surface area contributed by atoms with Gasteiger partial charge >= 0.3 is 0 Å². The molecule has 0 unspecified atom stereocenters. The molecule has 0 aliphatic rings. The van der Waals surface area contributed by atoms with Crippen molar-refractivity contribution in [1.82, 2.24) is 0 Å². The second kappa shape index (κ2) is 2.69. The van der Waals surface area contributed by atoms with E-state index in [2.05, 4.69) is 0 Å². The Labute approximate surface area is 59.8 Å². The second-order valence-corrected chi connectivity index (χ2v) is 2.20. The van der Waals surface area contributed by atoms with E-state index in [0.29, 0.717) is 11.3 Å². The first-order valence-electron chi connectivity index (χ1n) is 3.32. The van der Waals surface area contributed by atoms with Crippen LogP contribution in [0, 0.1) is 6.92 Å². The minimum absolute atomic E-state index is 0.664. The van der Waals surface area contributed by atoms with Crippen molar-refractivity contribution in [3.8, 4) is 0 Å². The smallest absolute Gasteiger partial charge is 0.153 e. The lowest BCUT2D eigenvalue weighted by atomic mass is 10.2. The molecule has 54 valence electrons. The zero-order chi connectivity index (χ0) is 7.56. The minimum atomic E-state index is 0.664. The summed E-state index contributed by atoms with van der Waals surface area (Å²) >= 11 is 0. The van der Waals surface area contributed by atoms with E-state index in [0.717, 1.165) is 18.5 Å². The number of hydrogen-bond donors (Lipinski definition) is 0. The van der Waals surface area contributed by atoms with Crippen molar-refractivity contribution in [2.45, 2.75) is 20.3 Å². The third kappa shape index (κ3) is 1.10. The molecule has 0 saturated carbocycles. The molecular weight excluding hydrogens is 128 g/mol. The molecule has 0 saturated heterocycles. The Kier molecular flexibility index (Phi) is 1.90.